The Labute approximate surface area is 372 Å². The van der Waals surface area contributed by atoms with Crippen LogP contribution in [0.4, 0.5) is 0 Å². The number of hydrogen-bond acceptors (Lipinski definition) is 9. The molecule has 322 valence electrons. The molecule has 0 radical (unpaired) electrons. The van der Waals surface area contributed by atoms with Crippen molar-refractivity contribution in [2.45, 2.75) is 183 Å². The summed E-state index contributed by atoms with van der Waals surface area (Å²) in [5.74, 6) is 0.974. The maximum absolute atomic E-state index is 14.6. The lowest BCUT2D eigenvalue weighted by Gasteiger charge is -2.27. The van der Waals surface area contributed by atoms with E-state index in [9.17, 15) is 19.9 Å². The summed E-state index contributed by atoms with van der Waals surface area (Å²) >= 11 is 5.62. The molecule has 0 spiro atoms. The summed E-state index contributed by atoms with van der Waals surface area (Å²) in [6.45, 7) is 30.3. The molecule has 1 heterocycles. The number of phenolic OH excluding ortho intramolecular Hbond substituents is 3. The van der Waals surface area contributed by atoms with Crippen molar-refractivity contribution >= 4 is 54.2 Å². The summed E-state index contributed by atoms with van der Waals surface area (Å²) < 4.78 is 21.6. The fourth-order valence-electron chi connectivity index (χ4n) is 6.61. The van der Waals surface area contributed by atoms with Crippen molar-refractivity contribution in [3.05, 3.63) is 70.8 Å². The number of aromatic hydroxyl groups is 3. The third kappa shape index (κ3) is 11.6. The minimum Gasteiger partial charge on any atom is -0.506 e. The molecule has 5 nitrogen and oxygen atoms in total. The van der Waals surface area contributed by atoms with E-state index in [2.05, 4.69) is 121 Å². The van der Waals surface area contributed by atoms with Gasteiger partial charge >= 0.3 is 0 Å². The van der Waals surface area contributed by atoms with Gasteiger partial charge in [0, 0.05) is 12.3 Å². The molecule has 0 saturated carbocycles. The van der Waals surface area contributed by atoms with Crippen LogP contribution in [0.15, 0.2) is 87.7 Å². The van der Waals surface area contributed by atoms with Crippen LogP contribution in [0.25, 0.3) is 0 Å². The highest BCUT2D eigenvalue weighted by atomic mass is 32.2. The highest BCUT2D eigenvalue weighted by Gasteiger charge is 2.30. The molecule has 4 aromatic rings. The van der Waals surface area contributed by atoms with Gasteiger partial charge in [-0.05, 0) is 105 Å². The first-order chi connectivity index (χ1) is 27.2. The van der Waals surface area contributed by atoms with E-state index in [-0.39, 0.29) is 45.3 Å². The monoisotopic (exact) mass is 894 g/mol. The fraction of sp³-hybridized carbons (Fsp3) is 0.510. The Morgan fingerprint density at radius 2 is 0.695 bits per heavy atom. The van der Waals surface area contributed by atoms with Gasteiger partial charge < -0.3 is 24.6 Å². The molecule has 0 fully saturated rings. The SMILES string of the molecule is CCCCP(=O)(CCCC)COc1c2cc(C(C)(C)C)cc1Sc1cc(C(C)(C)C)cc(c1O)Sc1cc(C(C)(C)C)cc(c1O)Sc1cc(C(C)(C)C)cc(c1O)S2. The van der Waals surface area contributed by atoms with E-state index in [4.69, 9.17) is 4.74 Å². The first-order valence-electron chi connectivity index (χ1n) is 21.0. The number of hydrogen-bond donors (Lipinski definition) is 3. The molecule has 1 aliphatic heterocycles. The number of benzene rings is 4. The Kier molecular flexibility index (Phi) is 14.7. The normalized spacial score (nSPS) is 14.1. The van der Waals surface area contributed by atoms with Gasteiger partial charge in [-0.3, -0.25) is 0 Å². The van der Waals surface area contributed by atoms with Crippen LogP contribution in [-0.2, 0) is 26.2 Å². The van der Waals surface area contributed by atoms with E-state index in [0.717, 1.165) is 57.7 Å². The van der Waals surface area contributed by atoms with Crippen LogP contribution in [0.5, 0.6) is 23.0 Å². The lowest BCUT2D eigenvalue weighted by Crippen LogP contribution is -2.13. The van der Waals surface area contributed by atoms with Gasteiger partial charge in [-0.25, -0.2) is 0 Å². The van der Waals surface area contributed by atoms with E-state index in [1.54, 1.807) is 0 Å². The third-order valence-corrected chi connectivity index (χ3v) is 17.9. The minimum atomic E-state index is -2.69. The quantitative estimate of drug-likeness (QED) is 0.125. The summed E-state index contributed by atoms with van der Waals surface area (Å²) in [6.07, 6.45) is 5.10. The zero-order valence-electron chi connectivity index (χ0n) is 37.8. The lowest BCUT2D eigenvalue weighted by molar-refractivity contribution is 0.356. The largest absolute Gasteiger partial charge is 0.506 e. The zero-order chi connectivity index (χ0) is 43.9. The van der Waals surface area contributed by atoms with E-state index < -0.39 is 7.14 Å². The van der Waals surface area contributed by atoms with Crippen molar-refractivity contribution in [3.63, 3.8) is 0 Å². The maximum atomic E-state index is 14.6. The van der Waals surface area contributed by atoms with Gasteiger partial charge in [0.1, 0.15) is 36.5 Å². The van der Waals surface area contributed by atoms with Crippen LogP contribution in [-0.4, -0.2) is 34.0 Å². The summed E-state index contributed by atoms with van der Waals surface area (Å²) in [4.78, 5) is 5.47. The van der Waals surface area contributed by atoms with Crippen LogP contribution in [0, 0.1) is 0 Å². The van der Waals surface area contributed by atoms with E-state index in [0.29, 0.717) is 47.4 Å². The van der Waals surface area contributed by atoms with Crippen LogP contribution in [0.1, 0.15) is 145 Å². The van der Waals surface area contributed by atoms with Gasteiger partial charge in [0.05, 0.1) is 39.2 Å². The van der Waals surface area contributed by atoms with Gasteiger partial charge in [0.2, 0.25) is 0 Å². The first kappa shape index (κ1) is 47.8. The zero-order valence-corrected chi connectivity index (χ0v) is 42.0. The highest BCUT2D eigenvalue weighted by Crippen LogP contribution is 2.57. The molecule has 0 aromatic heterocycles. The van der Waals surface area contributed by atoms with Gasteiger partial charge in [-0.1, -0.05) is 157 Å². The van der Waals surface area contributed by atoms with Crippen molar-refractivity contribution in [1.82, 2.24) is 0 Å². The van der Waals surface area contributed by atoms with Gasteiger partial charge in [-0.2, -0.15) is 0 Å². The van der Waals surface area contributed by atoms with Crippen molar-refractivity contribution in [3.8, 4) is 23.0 Å². The molecular weight excluding hydrogens is 828 g/mol. The predicted molar refractivity (Wildman–Crippen MR) is 255 cm³/mol. The molecular formula is C49H67O5PS4. The molecule has 4 aromatic carbocycles. The molecule has 0 atom stereocenters. The van der Waals surface area contributed by atoms with E-state index >= 15 is 0 Å². The fourth-order valence-corrected chi connectivity index (χ4v) is 13.7. The number of fused-ring (bicyclic) bond motifs is 8. The summed E-state index contributed by atoms with van der Waals surface area (Å²) in [6, 6.07) is 16.6. The second kappa shape index (κ2) is 18.2. The van der Waals surface area contributed by atoms with Crippen molar-refractivity contribution in [2.24, 2.45) is 0 Å². The molecule has 0 amide bonds. The Bertz CT molecular complexity index is 2090. The maximum Gasteiger partial charge on any atom is 0.147 e. The molecule has 3 N–H and O–H groups in total. The molecule has 0 saturated heterocycles. The van der Waals surface area contributed by atoms with E-state index in [1.165, 1.54) is 47.0 Å². The van der Waals surface area contributed by atoms with Crippen LogP contribution >= 0.6 is 54.2 Å². The molecule has 59 heavy (non-hydrogen) atoms. The second-order valence-electron chi connectivity index (χ2n) is 20.2. The summed E-state index contributed by atoms with van der Waals surface area (Å²) in [5.41, 5.74) is 3.21. The average molecular weight is 895 g/mol. The van der Waals surface area contributed by atoms with Crippen molar-refractivity contribution in [2.75, 3.05) is 18.7 Å². The van der Waals surface area contributed by atoms with Crippen molar-refractivity contribution < 1.29 is 24.6 Å². The standard InChI is InChI=1S/C49H67O5PS4/c1-15-17-19-55(53,20-18-16-2)29-54-45-40-27-33(49(12,13)14)28-41(45)59-39-26-32(48(9,10)11)24-37(44(39)52)57-35-22-30(46(3,4)5)21-34(42(35)50)56-36-23-31(47(6,7)8)25-38(58-40)43(36)51/h21-28,50-52H,15-20,29H2,1-14H3. The summed E-state index contributed by atoms with van der Waals surface area (Å²) in [7, 11) is -2.69. The number of rotatable bonds is 9. The topological polar surface area (TPSA) is 87.0 Å². The van der Waals surface area contributed by atoms with Crippen LogP contribution < -0.4 is 4.74 Å². The Balaban J connectivity index is 1.90. The molecule has 0 aliphatic carbocycles. The number of unbranched alkanes of at least 4 members (excludes halogenated alkanes) is 2. The molecule has 5 rings (SSSR count). The Morgan fingerprint density at radius 3 is 0.932 bits per heavy atom. The highest BCUT2D eigenvalue weighted by molar-refractivity contribution is 8.01. The lowest BCUT2D eigenvalue weighted by atomic mass is 9.87. The molecule has 1 aliphatic rings. The minimum absolute atomic E-state index is 0.107. The van der Waals surface area contributed by atoms with Crippen molar-refractivity contribution in [1.29, 1.82) is 0 Å². The Morgan fingerprint density at radius 1 is 0.458 bits per heavy atom. The summed E-state index contributed by atoms with van der Waals surface area (Å²) in [5, 5.41) is 36.7. The van der Waals surface area contributed by atoms with Crippen LogP contribution in [0.2, 0.25) is 0 Å². The number of ether oxygens (including phenoxy) is 1. The first-order valence-corrected chi connectivity index (χ1v) is 26.5. The van der Waals surface area contributed by atoms with E-state index in [1.807, 2.05) is 24.3 Å². The number of phenols is 3. The van der Waals surface area contributed by atoms with Gasteiger partial charge in [0.25, 0.3) is 0 Å². The predicted octanol–water partition coefficient (Wildman–Crippen LogP) is 16.2. The Hall–Kier alpha value is -2.29. The molecule has 10 heteroatoms. The molecule has 8 bridgehead atoms. The smallest absolute Gasteiger partial charge is 0.147 e. The second-order valence-corrected chi connectivity index (χ2v) is 27.8. The molecule has 0 unspecified atom stereocenters. The van der Waals surface area contributed by atoms with Crippen LogP contribution in [0.3, 0.4) is 0 Å². The third-order valence-electron chi connectivity index (χ3n) is 10.8. The van der Waals surface area contributed by atoms with Gasteiger partial charge in [-0.15, -0.1) is 0 Å². The van der Waals surface area contributed by atoms with Gasteiger partial charge in [0.15, 0.2) is 0 Å². The average Bonchev–Trinajstić information content (AvgIpc) is 3.11.